The number of nitrogens with two attached hydrogens (primary N) is 1. The van der Waals surface area contributed by atoms with Crippen molar-refractivity contribution in [3.8, 4) is 0 Å². The van der Waals surface area contributed by atoms with Gasteiger partial charge >= 0.3 is 0 Å². The molecule has 108 valence electrons. The molecule has 0 aliphatic heterocycles. The molecule has 6 heteroatoms. The Morgan fingerprint density at radius 1 is 1.45 bits per heavy atom. The molecule has 0 heterocycles. The molecule has 0 aromatic heterocycles. The van der Waals surface area contributed by atoms with E-state index >= 15 is 0 Å². The number of halogens is 2. The van der Waals surface area contributed by atoms with Crippen LogP contribution in [0.5, 0.6) is 0 Å². The number of hydrogen-bond acceptors (Lipinski definition) is 2. The second-order valence-electron chi connectivity index (χ2n) is 4.97. The summed E-state index contributed by atoms with van der Waals surface area (Å²) in [5.74, 6) is -0.534. The van der Waals surface area contributed by atoms with Crippen molar-refractivity contribution in [2.45, 2.75) is 31.7 Å². The molecule has 1 saturated carbocycles. The van der Waals surface area contributed by atoms with Crippen molar-refractivity contribution in [3.05, 3.63) is 34.1 Å². The number of nitrogens with zero attached hydrogens (tertiary/aromatic N) is 1. The van der Waals surface area contributed by atoms with E-state index in [1.165, 1.54) is 18.2 Å². The van der Waals surface area contributed by atoms with Crippen molar-refractivity contribution in [1.29, 1.82) is 0 Å². The molecule has 1 aromatic carbocycles. The number of carbonyl (C=O) groups excluding carboxylic acids is 1. The van der Waals surface area contributed by atoms with Gasteiger partial charge in [0, 0.05) is 11.6 Å². The Balaban J connectivity index is 2.24. The molecule has 0 bridgehead atoms. The molecule has 1 aliphatic rings. The summed E-state index contributed by atoms with van der Waals surface area (Å²) in [5.41, 5.74) is 6.04. The van der Waals surface area contributed by atoms with Gasteiger partial charge < -0.3 is 10.6 Å². The molecule has 1 aromatic rings. The zero-order chi connectivity index (χ0) is 14.7. The number of thiocarbonyl (C=S) groups is 1. The Kier molecular flexibility index (Phi) is 5.10. The fraction of sp³-hybridized carbons (Fsp3) is 0.429. The van der Waals surface area contributed by atoms with Crippen LogP contribution in [0.25, 0.3) is 0 Å². The van der Waals surface area contributed by atoms with Crippen LogP contribution in [-0.4, -0.2) is 28.4 Å². The van der Waals surface area contributed by atoms with E-state index in [1.807, 2.05) is 0 Å². The van der Waals surface area contributed by atoms with Gasteiger partial charge in [0.2, 0.25) is 0 Å². The van der Waals surface area contributed by atoms with Gasteiger partial charge in [-0.2, -0.15) is 0 Å². The monoisotopic (exact) mass is 358 g/mol. The van der Waals surface area contributed by atoms with Crippen molar-refractivity contribution in [2.24, 2.45) is 5.73 Å². The Hall–Kier alpha value is -1.01. The van der Waals surface area contributed by atoms with Crippen LogP contribution in [0.4, 0.5) is 4.39 Å². The lowest BCUT2D eigenvalue weighted by molar-refractivity contribution is 0.0714. The Labute approximate surface area is 131 Å². The van der Waals surface area contributed by atoms with E-state index in [9.17, 15) is 9.18 Å². The molecule has 1 fully saturated rings. The van der Waals surface area contributed by atoms with Crippen LogP contribution < -0.4 is 5.73 Å². The molecular formula is C14H16BrFN2OS. The van der Waals surface area contributed by atoms with Gasteiger partial charge in [0.25, 0.3) is 5.91 Å². The molecule has 0 unspecified atom stereocenters. The van der Waals surface area contributed by atoms with E-state index in [0.717, 1.165) is 25.7 Å². The van der Waals surface area contributed by atoms with Gasteiger partial charge in [0.1, 0.15) is 5.82 Å². The van der Waals surface area contributed by atoms with Crippen LogP contribution >= 0.6 is 28.1 Å². The third-order valence-electron chi connectivity index (χ3n) is 3.52. The van der Waals surface area contributed by atoms with Crippen molar-refractivity contribution in [1.82, 2.24) is 4.90 Å². The zero-order valence-electron chi connectivity index (χ0n) is 10.9. The fourth-order valence-corrected chi connectivity index (χ4v) is 3.06. The molecule has 2 N–H and O–H groups in total. The third kappa shape index (κ3) is 3.55. The van der Waals surface area contributed by atoms with E-state index in [4.69, 9.17) is 18.0 Å². The first-order valence-electron chi connectivity index (χ1n) is 6.53. The maximum Gasteiger partial charge on any atom is 0.254 e. The van der Waals surface area contributed by atoms with Gasteiger partial charge in [-0.15, -0.1) is 0 Å². The number of rotatable bonds is 4. The summed E-state index contributed by atoms with van der Waals surface area (Å²) in [5, 5.41) is 0. The Morgan fingerprint density at radius 3 is 2.65 bits per heavy atom. The van der Waals surface area contributed by atoms with Gasteiger partial charge in [-0.1, -0.05) is 25.1 Å². The maximum atomic E-state index is 13.3. The lowest BCUT2D eigenvalue weighted by Gasteiger charge is -2.28. The first-order chi connectivity index (χ1) is 9.49. The van der Waals surface area contributed by atoms with Crippen molar-refractivity contribution in [2.75, 3.05) is 6.54 Å². The highest BCUT2D eigenvalue weighted by molar-refractivity contribution is 9.10. The van der Waals surface area contributed by atoms with Crippen LogP contribution in [0.15, 0.2) is 22.7 Å². The molecule has 1 aliphatic carbocycles. The van der Waals surface area contributed by atoms with Crippen LogP contribution in [-0.2, 0) is 0 Å². The molecule has 0 spiro atoms. The highest BCUT2D eigenvalue weighted by Crippen LogP contribution is 2.26. The van der Waals surface area contributed by atoms with E-state index in [1.54, 1.807) is 4.90 Å². The van der Waals surface area contributed by atoms with Gasteiger partial charge in [-0.3, -0.25) is 4.79 Å². The molecule has 3 nitrogen and oxygen atoms in total. The Morgan fingerprint density at radius 2 is 2.10 bits per heavy atom. The molecule has 0 radical (unpaired) electrons. The average molecular weight is 359 g/mol. The molecule has 20 heavy (non-hydrogen) atoms. The van der Waals surface area contributed by atoms with Crippen LogP contribution in [0.3, 0.4) is 0 Å². The summed E-state index contributed by atoms with van der Waals surface area (Å²) < 4.78 is 13.5. The first-order valence-corrected chi connectivity index (χ1v) is 7.73. The maximum absolute atomic E-state index is 13.3. The Bertz CT molecular complexity index is 532. The van der Waals surface area contributed by atoms with Gasteiger partial charge in [0.15, 0.2) is 0 Å². The predicted octanol–water partition coefficient (Wildman–Crippen LogP) is 3.26. The summed E-state index contributed by atoms with van der Waals surface area (Å²) in [4.78, 5) is 14.6. The minimum atomic E-state index is -0.386. The highest BCUT2D eigenvalue weighted by Gasteiger charge is 2.28. The number of hydrogen-bond donors (Lipinski definition) is 1. The molecule has 1 amide bonds. The van der Waals surface area contributed by atoms with E-state index in [0.29, 0.717) is 10.6 Å². The topological polar surface area (TPSA) is 46.3 Å². The lowest BCUT2D eigenvalue weighted by atomic mass is 10.1. The molecule has 0 atom stereocenters. The van der Waals surface area contributed by atoms with E-state index < -0.39 is 0 Å². The summed E-state index contributed by atoms with van der Waals surface area (Å²) in [6.45, 7) is 0.272. The molecule has 0 saturated heterocycles. The quantitative estimate of drug-likeness (QED) is 0.840. The van der Waals surface area contributed by atoms with Crippen LogP contribution in [0.1, 0.15) is 36.0 Å². The zero-order valence-corrected chi connectivity index (χ0v) is 13.3. The number of benzene rings is 1. The van der Waals surface area contributed by atoms with E-state index in [-0.39, 0.29) is 28.8 Å². The SMILES string of the molecule is NC(=S)CN(C(=O)c1ccc(F)c(Br)c1)C1CCCC1. The van der Waals surface area contributed by atoms with Gasteiger partial charge in [-0.05, 0) is 47.0 Å². The van der Waals surface area contributed by atoms with E-state index in [2.05, 4.69) is 15.9 Å². The van der Waals surface area contributed by atoms with Gasteiger partial charge in [0.05, 0.1) is 16.0 Å². The largest absolute Gasteiger partial charge is 0.392 e. The van der Waals surface area contributed by atoms with Gasteiger partial charge in [-0.25, -0.2) is 4.39 Å². The first kappa shape index (κ1) is 15.4. The lowest BCUT2D eigenvalue weighted by Crippen LogP contribution is -2.43. The predicted molar refractivity (Wildman–Crippen MR) is 84.2 cm³/mol. The normalized spacial score (nSPS) is 15.3. The minimum absolute atomic E-state index is 0.148. The average Bonchev–Trinajstić information content (AvgIpc) is 2.92. The molecule has 2 rings (SSSR count). The highest BCUT2D eigenvalue weighted by atomic mass is 79.9. The number of carbonyl (C=O) groups is 1. The van der Waals surface area contributed by atoms with Crippen molar-refractivity contribution in [3.63, 3.8) is 0 Å². The second kappa shape index (κ2) is 6.63. The summed E-state index contributed by atoms with van der Waals surface area (Å²) in [6.07, 6.45) is 4.16. The van der Waals surface area contributed by atoms with Crippen LogP contribution in [0, 0.1) is 5.82 Å². The van der Waals surface area contributed by atoms with Crippen LogP contribution in [0.2, 0.25) is 0 Å². The minimum Gasteiger partial charge on any atom is -0.392 e. The standard InChI is InChI=1S/C14H16BrFN2OS/c15-11-7-9(5-6-12(11)16)14(19)18(8-13(17)20)10-3-1-2-4-10/h5-7,10H,1-4,8H2,(H2,17,20). The van der Waals surface area contributed by atoms with Crippen molar-refractivity contribution >= 4 is 39.0 Å². The smallest absolute Gasteiger partial charge is 0.254 e. The summed E-state index contributed by atoms with van der Waals surface area (Å²) in [7, 11) is 0. The second-order valence-corrected chi connectivity index (χ2v) is 6.35. The molecular weight excluding hydrogens is 343 g/mol. The van der Waals surface area contributed by atoms with Crippen molar-refractivity contribution < 1.29 is 9.18 Å². The summed E-state index contributed by atoms with van der Waals surface area (Å²) >= 11 is 8.04. The third-order valence-corrected chi connectivity index (χ3v) is 4.26. The summed E-state index contributed by atoms with van der Waals surface area (Å²) in [6, 6.07) is 4.45. The fourth-order valence-electron chi connectivity index (χ4n) is 2.55. The number of amides is 1.